The molecule has 0 spiro atoms. The fourth-order valence-corrected chi connectivity index (χ4v) is 4.53. The number of anilines is 1. The van der Waals surface area contributed by atoms with Crippen LogP contribution in [0.2, 0.25) is 0 Å². The first-order chi connectivity index (χ1) is 16.8. The van der Waals surface area contributed by atoms with Crippen LogP contribution in [0.4, 0.5) is 5.69 Å². The van der Waals surface area contributed by atoms with E-state index in [4.69, 9.17) is 9.47 Å². The number of carbonyl (C=O) groups excluding carboxylic acids is 4. The average molecular weight is 494 g/mol. The number of ether oxygens (including phenoxy) is 2. The van der Waals surface area contributed by atoms with Gasteiger partial charge in [-0.25, -0.2) is 4.79 Å². The van der Waals surface area contributed by atoms with Crippen molar-refractivity contribution in [3.63, 3.8) is 0 Å². The van der Waals surface area contributed by atoms with Crippen molar-refractivity contribution >= 4 is 41.2 Å². The van der Waals surface area contributed by atoms with Crippen molar-refractivity contribution < 1.29 is 28.7 Å². The molecule has 0 bridgehead atoms. The molecule has 180 valence electrons. The van der Waals surface area contributed by atoms with Gasteiger partial charge in [0.2, 0.25) is 11.8 Å². The smallest absolute Gasteiger partial charge is 0.337 e. The predicted octanol–water partition coefficient (Wildman–Crippen LogP) is 2.89. The van der Waals surface area contributed by atoms with Crippen LogP contribution in [0.25, 0.3) is 0 Å². The van der Waals surface area contributed by atoms with Crippen molar-refractivity contribution in [2.45, 2.75) is 12.8 Å². The molecule has 2 aromatic rings. The predicted molar refractivity (Wildman–Crippen MR) is 129 cm³/mol. The van der Waals surface area contributed by atoms with E-state index in [9.17, 15) is 24.4 Å². The number of thioether (sulfide) groups is 1. The fraction of sp³-hybridized carbons (Fsp3) is 0.240. The van der Waals surface area contributed by atoms with E-state index >= 15 is 0 Å². The van der Waals surface area contributed by atoms with Gasteiger partial charge in [-0.2, -0.15) is 5.26 Å². The summed E-state index contributed by atoms with van der Waals surface area (Å²) in [5.74, 6) is -4.69. The minimum absolute atomic E-state index is 0.0778. The molecule has 2 aromatic carbocycles. The monoisotopic (exact) mass is 493 g/mol. The van der Waals surface area contributed by atoms with E-state index in [0.717, 1.165) is 24.4 Å². The largest absolute Gasteiger partial charge is 0.468 e. The van der Waals surface area contributed by atoms with E-state index < -0.39 is 29.7 Å². The number of hydrogen-bond acceptors (Lipinski definition) is 8. The van der Waals surface area contributed by atoms with E-state index in [1.807, 2.05) is 25.1 Å². The number of nitrogens with zero attached hydrogens (tertiary/aromatic N) is 1. The van der Waals surface area contributed by atoms with Gasteiger partial charge in [-0.15, -0.1) is 0 Å². The first kappa shape index (κ1) is 25.5. The zero-order valence-corrected chi connectivity index (χ0v) is 20.1. The molecule has 1 aliphatic heterocycles. The Labute approximate surface area is 206 Å². The van der Waals surface area contributed by atoms with Gasteiger partial charge in [0.25, 0.3) is 0 Å². The van der Waals surface area contributed by atoms with Gasteiger partial charge in [-0.3, -0.25) is 14.4 Å². The number of benzene rings is 2. The highest BCUT2D eigenvalue weighted by Crippen LogP contribution is 2.40. The van der Waals surface area contributed by atoms with E-state index in [2.05, 4.69) is 16.7 Å². The number of hydrogen-bond donors (Lipinski definition) is 2. The Kier molecular flexibility index (Phi) is 8.28. The van der Waals surface area contributed by atoms with Gasteiger partial charge in [0, 0.05) is 11.6 Å². The molecule has 0 aliphatic carbocycles. The standard InChI is InChI=1S/C25H23N3O6S/c1-14-5-4-6-17(11-14)27-19(29)13-35-23-18(12-26)20(21(22(30)28-23)25(32)34-3)15-7-9-16(10-8-15)24(31)33-2/h4-11,20-21H,13H2,1-3H3,(H,27,29)(H,28,30)/t20-,21-/m1/s1. The van der Waals surface area contributed by atoms with Crippen molar-refractivity contribution in [1.82, 2.24) is 5.32 Å². The molecule has 0 radical (unpaired) electrons. The summed E-state index contributed by atoms with van der Waals surface area (Å²) in [5.41, 5.74) is 2.46. The zero-order chi connectivity index (χ0) is 25.5. The zero-order valence-electron chi connectivity index (χ0n) is 19.3. The number of allylic oxidation sites excluding steroid dienone is 1. The highest BCUT2D eigenvalue weighted by Gasteiger charge is 2.44. The number of nitriles is 1. The molecule has 10 heteroatoms. The highest BCUT2D eigenvalue weighted by atomic mass is 32.2. The van der Waals surface area contributed by atoms with Crippen LogP contribution in [0.3, 0.4) is 0 Å². The molecular formula is C25H23N3O6S. The summed E-state index contributed by atoms with van der Waals surface area (Å²) in [4.78, 5) is 49.6. The topological polar surface area (TPSA) is 135 Å². The van der Waals surface area contributed by atoms with Crippen molar-refractivity contribution in [1.29, 1.82) is 5.26 Å². The molecule has 2 atom stereocenters. The summed E-state index contributed by atoms with van der Waals surface area (Å²) in [5, 5.41) is 15.5. The summed E-state index contributed by atoms with van der Waals surface area (Å²) >= 11 is 0.984. The molecule has 35 heavy (non-hydrogen) atoms. The molecule has 1 aliphatic rings. The van der Waals surface area contributed by atoms with E-state index in [1.165, 1.54) is 19.2 Å². The lowest BCUT2D eigenvalue weighted by Gasteiger charge is -2.31. The van der Waals surface area contributed by atoms with Crippen molar-refractivity contribution in [3.05, 3.63) is 75.8 Å². The molecule has 0 unspecified atom stereocenters. The van der Waals surface area contributed by atoms with Crippen LogP contribution in [0.15, 0.2) is 59.1 Å². The van der Waals surface area contributed by atoms with Crippen LogP contribution in [0.1, 0.15) is 27.4 Å². The van der Waals surface area contributed by atoms with Crippen LogP contribution in [0.5, 0.6) is 0 Å². The van der Waals surface area contributed by atoms with Crippen LogP contribution < -0.4 is 10.6 Å². The van der Waals surface area contributed by atoms with Gasteiger partial charge in [0.15, 0.2) is 0 Å². The maximum absolute atomic E-state index is 12.9. The molecule has 0 aromatic heterocycles. The van der Waals surface area contributed by atoms with Gasteiger partial charge in [0.05, 0.1) is 42.2 Å². The summed E-state index contributed by atoms with van der Waals surface area (Å²) in [7, 11) is 2.41. The third-order valence-corrected chi connectivity index (χ3v) is 6.34. The number of aryl methyl sites for hydroxylation is 1. The second-order valence-corrected chi connectivity index (χ2v) is 8.63. The van der Waals surface area contributed by atoms with Crippen LogP contribution in [-0.2, 0) is 23.9 Å². The Bertz CT molecular complexity index is 1230. The fourth-order valence-electron chi connectivity index (χ4n) is 3.68. The maximum atomic E-state index is 12.9. The molecule has 0 saturated carbocycles. The van der Waals surface area contributed by atoms with E-state index in [1.54, 1.807) is 18.2 Å². The summed E-state index contributed by atoms with van der Waals surface area (Å²) in [6.45, 7) is 1.90. The minimum Gasteiger partial charge on any atom is -0.468 e. The third-order valence-electron chi connectivity index (χ3n) is 5.32. The lowest BCUT2D eigenvalue weighted by atomic mass is 9.78. The van der Waals surface area contributed by atoms with Gasteiger partial charge in [-0.1, -0.05) is 36.0 Å². The third kappa shape index (κ3) is 5.88. The first-order valence-electron chi connectivity index (χ1n) is 10.5. The molecule has 2 N–H and O–H groups in total. The molecule has 0 saturated heterocycles. The summed E-state index contributed by atoms with van der Waals surface area (Å²) in [6.07, 6.45) is 0. The second-order valence-electron chi connectivity index (χ2n) is 7.64. The lowest BCUT2D eigenvalue weighted by molar-refractivity contribution is -0.150. The number of nitrogens with one attached hydrogen (secondary N) is 2. The van der Waals surface area contributed by atoms with Crippen LogP contribution in [-0.4, -0.2) is 43.7 Å². The number of esters is 2. The molecule has 3 rings (SSSR count). The number of amides is 2. The number of carbonyl (C=O) groups is 4. The van der Waals surface area contributed by atoms with Gasteiger partial charge in [-0.05, 0) is 42.3 Å². The quantitative estimate of drug-likeness (QED) is 0.444. The normalized spacial score (nSPS) is 17.1. The Balaban J connectivity index is 1.91. The first-order valence-corrected chi connectivity index (χ1v) is 11.5. The summed E-state index contributed by atoms with van der Waals surface area (Å²) < 4.78 is 9.51. The Hall–Kier alpha value is -4.10. The SMILES string of the molecule is COC(=O)c1ccc([C@@H]2C(C#N)=C(SCC(=O)Nc3cccc(C)c3)NC(=O)[C@@H]2C(=O)OC)cc1. The van der Waals surface area contributed by atoms with Gasteiger partial charge in [0.1, 0.15) is 5.92 Å². The Morgan fingerprint density at radius 1 is 1.11 bits per heavy atom. The van der Waals surface area contributed by atoms with E-state index in [0.29, 0.717) is 11.3 Å². The van der Waals surface area contributed by atoms with Crippen LogP contribution >= 0.6 is 11.8 Å². The maximum Gasteiger partial charge on any atom is 0.337 e. The minimum atomic E-state index is -1.32. The van der Waals surface area contributed by atoms with Crippen molar-refractivity contribution in [3.8, 4) is 6.07 Å². The van der Waals surface area contributed by atoms with Gasteiger partial charge < -0.3 is 20.1 Å². The molecular weight excluding hydrogens is 470 g/mol. The lowest BCUT2D eigenvalue weighted by Crippen LogP contribution is -2.44. The van der Waals surface area contributed by atoms with Crippen molar-refractivity contribution in [2.24, 2.45) is 5.92 Å². The van der Waals surface area contributed by atoms with Crippen molar-refractivity contribution in [2.75, 3.05) is 25.3 Å². The Morgan fingerprint density at radius 3 is 2.43 bits per heavy atom. The average Bonchev–Trinajstić information content (AvgIpc) is 2.86. The Morgan fingerprint density at radius 2 is 1.83 bits per heavy atom. The molecule has 9 nitrogen and oxygen atoms in total. The highest BCUT2D eigenvalue weighted by molar-refractivity contribution is 8.03. The summed E-state index contributed by atoms with van der Waals surface area (Å²) in [6, 6.07) is 15.4. The van der Waals surface area contributed by atoms with E-state index in [-0.39, 0.29) is 27.8 Å². The number of methoxy groups -OCH3 is 2. The molecule has 0 fully saturated rings. The van der Waals surface area contributed by atoms with Crippen LogP contribution in [0, 0.1) is 24.2 Å². The molecule has 1 heterocycles. The number of rotatable bonds is 7. The van der Waals surface area contributed by atoms with Gasteiger partial charge >= 0.3 is 11.9 Å². The second kappa shape index (κ2) is 11.4. The molecule has 2 amide bonds.